The monoisotopic (exact) mass is 540 g/mol. The van der Waals surface area contributed by atoms with Gasteiger partial charge in [-0.15, -0.1) is 0 Å². The molecule has 0 saturated carbocycles. The molecule has 0 radical (unpaired) electrons. The fraction of sp³-hybridized carbons (Fsp3) is 0.484. The van der Waals surface area contributed by atoms with Gasteiger partial charge in [0.15, 0.2) is 5.65 Å². The highest BCUT2D eigenvalue weighted by Gasteiger charge is 2.30. The highest BCUT2D eigenvalue weighted by molar-refractivity contribution is 5.62. The summed E-state index contributed by atoms with van der Waals surface area (Å²) >= 11 is 0. The molecule has 9 heteroatoms. The van der Waals surface area contributed by atoms with E-state index in [1.165, 1.54) is 31.2 Å². The number of aliphatic hydroxyl groups is 1. The number of rotatable bonds is 9. The number of aromatic nitrogens is 5. The average Bonchev–Trinajstić information content (AvgIpc) is 3.44. The molecule has 0 unspecified atom stereocenters. The van der Waals surface area contributed by atoms with Crippen molar-refractivity contribution < 1.29 is 5.11 Å². The van der Waals surface area contributed by atoms with E-state index in [1.54, 1.807) is 6.20 Å². The molecule has 0 amide bonds. The summed E-state index contributed by atoms with van der Waals surface area (Å²) in [5.74, 6) is 3.09. The number of piperidine rings is 2. The number of pyridine rings is 1. The number of anilines is 2. The van der Waals surface area contributed by atoms with Crippen molar-refractivity contribution in [2.75, 3.05) is 49.5 Å². The normalized spacial score (nSPS) is 17.5. The summed E-state index contributed by atoms with van der Waals surface area (Å²) in [4.78, 5) is 19.0. The Morgan fingerprint density at radius 2 is 1.65 bits per heavy atom. The zero-order valence-corrected chi connectivity index (χ0v) is 23.4. The predicted molar refractivity (Wildman–Crippen MR) is 158 cm³/mol. The molecular formula is C31H40N8O. The molecule has 2 aliphatic heterocycles. The van der Waals surface area contributed by atoms with Crippen LogP contribution in [-0.4, -0.2) is 73.9 Å². The number of benzene rings is 1. The van der Waals surface area contributed by atoms with E-state index in [-0.39, 0.29) is 6.61 Å². The van der Waals surface area contributed by atoms with Crippen LogP contribution in [0, 0.1) is 11.8 Å². The predicted octanol–water partition coefficient (Wildman–Crippen LogP) is 4.28. The van der Waals surface area contributed by atoms with Crippen molar-refractivity contribution in [1.29, 1.82) is 0 Å². The van der Waals surface area contributed by atoms with Crippen LogP contribution in [0.4, 0.5) is 11.9 Å². The van der Waals surface area contributed by atoms with Gasteiger partial charge in [-0.25, -0.2) is 0 Å². The minimum absolute atomic E-state index is 0.264. The van der Waals surface area contributed by atoms with Crippen molar-refractivity contribution in [3.8, 4) is 11.1 Å². The molecule has 2 N–H and O–H groups in total. The molecular weight excluding hydrogens is 500 g/mol. The zero-order valence-electron chi connectivity index (χ0n) is 23.4. The number of fused-ring (bicyclic) bond motifs is 1. The van der Waals surface area contributed by atoms with E-state index in [9.17, 15) is 5.11 Å². The third-order valence-electron chi connectivity index (χ3n) is 8.75. The second-order valence-corrected chi connectivity index (χ2v) is 11.1. The molecule has 0 bridgehead atoms. The summed E-state index contributed by atoms with van der Waals surface area (Å²) in [6.45, 7) is 8.09. The number of hydrogen-bond donors (Lipinski definition) is 2. The Morgan fingerprint density at radius 3 is 2.33 bits per heavy atom. The fourth-order valence-electron chi connectivity index (χ4n) is 6.31. The Bertz CT molecular complexity index is 1370. The van der Waals surface area contributed by atoms with E-state index in [4.69, 9.17) is 9.97 Å². The van der Waals surface area contributed by atoms with Crippen molar-refractivity contribution in [3.05, 3.63) is 66.1 Å². The van der Waals surface area contributed by atoms with E-state index in [1.807, 2.05) is 23.0 Å². The van der Waals surface area contributed by atoms with Crippen molar-refractivity contribution in [1.82, 2.24) is 29.5 Å². The van der Waals surface area contributed by atoms with Gasteiger partial charge < -0.3 is 20.2 Å². The van der Waals surface area contributed by atoms with Crippen LogP contribution in [0.1, 0.15) is 43.7 Å². The van der Waals surface area contributed by atoms with Crippen LogP contribution in [0.25, 0.3) is 16.8 Å². The van der Waals surface area contributed by atoms with Crippen LogP contribution < -0.4 is 10.2 Å². The lowest BCUT2D eigenvalue weighted by Crippen LogP contribution is -2.42. The van der Waals surface area contributed by atoms with Gasteiger partial charge in [0.05, 0.1) is 12.8 Å². The fourth-order valence-corrected chi connectivity index (χ4v) is 6.31. The van der Waals surface area contributed by atoms with Gasteiger partial charge in [-0.3, -0.25) is 4.98 Å². The lowest BCUT2D eigenvalue weighted by molar-refractivity contribution is 0.115. The van der Waals surface area contributed by atoms with Gasteiger partial charge in [0.1, 0.15) is 0 Å². The summed E-state index contributed by atoms with van der Waals surface area (Å²) in [6.07, 6.45) is 11.4. The Morgan fingerprint density at radius 1 is 0.900 bits per heavy atom. The van der Waals surface area contributed by atoms with Crippen LogP contribution in [0.15, 0.2) is 55.0 Å². The highest BCUT2D eigenvalue weighted by Crippen LogP contribution is 2.33. The molecule has 40 heavy (non-hydrogen) atoms. The molecule has 1 aromatic carbocycles. The third-order valence-corrected chi connectivity index (χ3v) is 8.75. The maximum Gasteiger partial charge on any atom is 0.230 e. The molecule has 2 aliphatic rings. The van der Waals surface area contributed by atoms with Crippen LogP contribution in [0.3, 0.4) is 0 Å². The van der Waals surface area contributed by atoms with Gasteiger partial charge in [-0.1, -0.05) is 37.3 Å². The number of likely N-dealkylation sites (tertiary alicyclic amines) is 1. The molecule has 4 aromatic rings. The molecule has 0 aliphatic carbocycles. The number of aliphatic hydroxyl groups excluding tert-OH is 1. The van der Waals surface area contributed by atoms with Crippen LogP contribution in [-0.2, 0) is 13.0 Å². The average molecular weight is 541 g/mol. The minimum atomic E-state index is 0.264. The summed E-state index contributed by atoms with van der Waals surface area (Å²) < 4.78 is 1.85. The van der Waals surface area contributed by atoms with Gasteiger partial charge in [0.2, 0.25) is 11.9 Å². The van der Waals surface area contributed by atoms with Crippen molar-refractivity contribution in [3.63, 3.8) is 0 Å². The lowest BCUT2D eigenvalue weighted by atomic mass is 9.79. The topological polar surface area (TPSA) is 94.7 Å². The smallest absolute Gasteiger partial charge is 0.230 e. The van der Waals surface area contributed by atoms with Crippen molar-refractivity contribution in [2.24, 2.45) is 11.8 Å². The minimum Gasteiger partial charge on any atom is -0.395 e. The molecule has 6 rings (SSSR count). The van der Waals surface area contributed by atoms with Gasteiger partial charge in [0, 0.05) is 44.1 Å². The maximum atomic E-state index is 9.25. The first kappa shape index (κ1) is 26.7. The Balaban J connectivity index is 1.14. The van der Waals surface area contributed by atoms with E-state index in [2.05, 4.69) is 62.5 Å². The van der Waals surface area contributed by atoms with Crippen molar-refractivity contribution >= 4 is 17.5 Å². The second kappa shape index (κ2) is 12.3. The third kappa shape index (κ3) is 5.81. The number of β-amino-alcohol motifs (C(OH)–C–C–N with tert-alkyl or cyclic N) is 1. The summed E-state index contributed by atoms with van der Waals surface area (Å²) in [7, 11) is 0. The maximum absolute atomic E-state index is 9.25. The molecule has 2 fully saturated rings. The van der Waals surface area contributed by atoms with Gasteiger partial charge in [-0.2, -0.15) is 19.6 Å². The molecule has 0 spiro atoms. The first-order chi connectivity index (χ1) is 19.7. The summed E-state index contributed by atoms with van der Waals surface area (Å²) in [6, 6.07) is 12.6. The van der Waals surface area contributed by atoms with E-state index < -0.39 is 0 Å². The molecule has 5 heterocycles. The lowest BCUT2D eigenvalue weighted by Gasteiger charge is -2.40. The number of aryl methyl sites for hydroxylation is 1. The van der Waals surface area contributed by atoms with Gasteiger partial charge in [-0.05, 0) is 79.8 Å². The Kier molecular flexibility index (Phi) is 8.20. The van der Waals surface area contributed by atoms with Gasteiger partial charge in [0.25, 0.3) is 0 Å². The summed E-state index contributed by atoms with van der Waals surface area (Å²) in [5, 5.41) is 17.4. The zero-order chi connectivity index (χ0) is 27.3. The van der Waals surface area contributed by atoms with Crippen LogP contribution in [0.5, 0.6) is 0 Å². The Labute approximate surface area is 236 Å². The molecule has 0 atom stereocenters. The first-order valence-corrected chi connectivity index (χ1v) is 14.8. The quantitative estimate of drug-likeness (QED) is 0.325. The van der Waals surface area contributed by atoms with E-state index in [0.717, 1.165) is 85.2 Å². The Hall–Kier alpha value is -3.56. The van der Waals surface area contributed by atoms with Crippen molar-refractivity contribution in [2.45, 2.75) is 45.6 Å². The summed E-state index contributed by atoms with van der Waals surface area (Å²) in [5.41, 5.74) is 5.47. The highest BCUT2D eigenvalue weighted by atomic mass is 16.3. The molecule has 9 nitrogen and oxygen atoms in total. The second-order valence-electron chi connectivity index (χ2n) is 11.1. The van der Waals surface area contributed by atoms with Crippen LogP contribution in [0.2, 0.25) is 0 Å². The standard InChI is InChI=1S/C31H40N8O/c1-2-24-22-34-39-29(24)35-31(38-16-11-27(12-17-38)26-9-14-37(15-10-26)18-19-40)36-30(39)33-20-23-5-7-25(8-6-23)28-4-3-13-32-21-28/h3-8,13,21-22,26-27,40H,2,9-12,14-20H2,1H3,(H,33,35,36). The van der Waals surface area contributed by atoms with E-state index in [0.29, 0.717) is 6.54 Å². The van der Waals surface area contributed by atoms with Crippen LogP contribution >= 0.6 is 0 Å². The number of hydrogen-bond acceptors (Lipinski definition) is 8. The number of nitrogens with one attached hydrogen (secondary N) is 1. The SMILES string of the molecule is CCc1cnn2c(NCc3ccc(-c4cccnc4)cc3)nc(N3CCC(C4CCN(CCO)CC4)CC3)nc12. The number of nitrogens with zero attached hydrogens (tertiary/aromatic N) is 7. The molecule has 210 valence electrons. The van der Waals surface area contributed by atoms with E-state index >= 15 is 0 Å². The molecule has 3 aromatic heterocycles. The largest absolute Gasteiger partial charge is 0.395 e. The first-order valence-electron chi connectivity index (χ1n) is 14.8. The molecule has 2 saturated heterocycles. The van der Waals surface area contributed by atoms with Gasteiger partial charge >= 0.3 is 0 Å².